The van der Waals surface area contributed by atoms with E-state index in [0.717, 1.165) is 0 Å². The van der Waals surface area contributed by atoms with Crippen molar-refractivity contribution in [3.8, 4) is 22.3 Å². The van der Waals surface area contributed by atoms with E-state index in [4.69, 9.17) is 0 Å². The van der Waals surface area contributed by atoms with Crippen LogP contribution in [0.15, 0.2) is 158 Å². The number of fused-ring (bicyclic) bond motifs is 3. The molecule has 3 fully saturated rings. The van der Waals surface area contributed by atoms with E-state index in [1.165, 1.54) is 224 Å². The highest BCUT2D eigenvalue weighted by Crippen LogP contribution is 2.58. The zero-order valence-electron chi connectivity index (χ0n) is 45.7. The first-order valence-corrected chi connectivity index (χ1v) is 30.1. The molecule has 7 aromatic carbocycles. The molecule has 382 valence electrons. The van der Waals surface area contributed by atoms with Gasteiger partial charge >= 0.3 is 0 Å². The van der Waals surface area contributed by atoms with Crippen molar-refractivity contribution < 1.29 is 0 Å². The fraction of sp³-hybridized carbons (Fsp3) is 0.425. The van der Waals surface area contributed by atoms with Gasteiger partial charge in [0.05, 0.1) is 5.41 Å². The zero-order valence-corrected chi connectivity index (χ0v) is 45.7. The molecule has 0 saturated heterocycles. The molecule has 0 aromatic heterocycles. The molecule has 0 aliphatic heterocycles. The van der Waals surface area contributed by atoms with Crippen LogP contribution in [0.5, 0.6) is 0 Å². The maximum atomic E-state index is 2.59. The second-order valence-corrected chi connectivity index (χ2v) is 23.4. The van der Waals surface area contributed by atoms with Crippen molar-refractivity contribution in [1.29, 1.82) is 0 Å². The summed E-state index contributed by atoms with van der Waals surface area (Å²) >= 11 is 0. The summed E-state index contributed by atoms with van der Waals surface area (Å²) in [7, 11) is 0. The van der Waals surface area contributed by atoms with E-state index in [1.807, 2.05) is 0 Å². The Morgan fingerprint density at radius 2 is 0.811 bits per heavy atom. The lowest BCUT2D eigenvalue weighted by molar-refractivity contribution is 0.443. The monoisotopic (exact) mass is 976 g/mol. The quantitative estimate of drug-likeness (QED) is 0.0879. The fourth-order valence-electron chi connectivity index (χ4n) is 14.9. The Morgan fingerprint density at radius 1 is 0.392 bits per heavy atom. The van der Waals surface area contributed by atoms with Crippen LogP contribution in [0.1, 0.15) is 242 Å². The van der Waals surface area contributed by atoms with E-state index >= 15 is 0 Å². The molecule has 0 bridgehead atoms. The average molecular weight is 976 g/mol. The van der Waals surface area contributed by atoms with Gasteiger partial charge in [0.15, 0.2) is 0 Å². The van der Waals surface area contributed by atoms with Gasteiger partial charge in [0, 0.05) is 17.1 Å². The molecule has 4 aliphatic carbocycles. The number of rotatable bonds is 17. The van der Waals surface area contributed by atoms with Crippen LogP contribution in [-0.2, 0) is 5.41 Å². The Balaban J connectivity index is 1.06. The van der Waals surface area contributed by atoms with Crippen LogP contribution in [0.4, 0.5) is 17.1 Å². The fourth-order valence-corrected chi connectivity index (χ4v) is 14.9. The van der Waals surface area contributed by atoms with E-state index in [9.17, 15) is 0 Å². The largest absolute Gasteiger partial charge is 0.310 e. The molecular formula is C73H85N. The van der Waals surface area contributed by atoms with Crippen LogP contribution >= 0.6 is 0 Å². The molecule has 3 saturated carbocycles. The summed E-state index contributed by atoms with van der Waals surface area (Å²) < 4.78 is 0. The van der Waals surface area contributed by atoms with Gasteiger partial charge in [0.25, 0.3) is 0 Å². The minimum absolute atomic E-state index is 0.483. The smallest absolute Gasteiger partial charge is 0.0714 e. The first-order chi connectivity index (χ1) is 36.5. The Labute approximate surface area is 447 Å². The van der Waals surface area contributed by atoms with Gasteiger partial charge < -0.3 is 4.90 Å². The predicted octanol–water partition coefficient (Wildman–Crippen LogP) is 21.9. The highest BCUT2D eigenvalue weighted by atomic mass is 15.1. The van der Waals surface area contributed by atoms with Crippen LogP contribution in [0.2, 0.25) is 0 Å². The van der Waals surface area contributed by atoms with Crippen molar-refractivity contribution in [2.45, 2.75) is 198 Å². The molecule has 0 N–H and O–H groups in total. The van der Waals surface area contributed by atoms with Crippen LogP contribution in [0.25, 0.3) is 22.3 Å². The average Bonchev–Trinajstić information content (AvgIpc) is 3.77. The predicted molar refractivity (Wildman–Crippen MR) is 317 cm³/mol. The van der Waals surface area contributed by atoms with Crippen molar-refractivity contribution in [1.82, 2.24) is 0 Å². The Morgan fingerprint density at radius 3 is 1.27 bits per heavy atom. The van der Waals surface area contributed by atoms with Gasteiger partial charge in [0.1, 0.15) is 0 Å². The molecule has 2 unspecified atom stereocenters. The second-order valence-electron chi connectivity index (χ2n) is 23.4. The molecule has 4 aliphatic rings. The molecule has 74 heavy (non-hydrogen) atoms. The number of nitrogens with zero attached hydrogens (tertiary/aromatic N) is 1. The number of hydrogen-bond donors (Lipinski definition) is 0. The Bertz CT molecular complexity index is 2830. The molecule has 7 aromatic rings. The SMILES string of the molecule is CCCC(CC)c1cc(-c2ccc(N(c3ccc(C4CCCCC4)cc3)c3ccc4c(c3)C(c3ccc(C5CCCCC5)cc3)(c3ccc(C5CCCCC5)cc3)c3ccccc3-4)cc2)cc(C(CC)CCC)c1. The lowest BCUT2D eigenvalue weighted by Crippen LogP contribution is -2.29. The van der Waals surface area contributed by atoms with Crippen molar-refractivity contribution in [3.05, 3.63) is 208 Å². The standard InChI is InChI=1S/C73H85N/c1-5-20-52(7-3)61-48-62(53(8-4)21-6-2)50-63(49-61)60-36-44-67(45-37-60)74(66-42-34-59(35-43-66)56-26-16-11-17-27-56)68-46-47-70-69-28-18-19-29-71(69)73(72(70)51-68,64-38-30-57(31-39-64)54-22-12-9-13-23-54)65-40-32-58(33-41-65)55-24-14-10-15-25-55/h18-19,28-56H,5-17,20-27H2,1-4H3. The summed E-state index contributed by atoms with van der Waals surface area (Å²) in [6, 6.07) is 64.0. The van der Waals surface area contributed by atoms with Crippen molar-refractivity contribution >= 4 is 17.1 Å². The minimum atomic E-state index is -0.483. The van der Waals surface area contributed by atoms with Gasteiger partial charge in [-0.15, -0.1) is 0 Å². The summed E-state index contributed by atoms with van der Waals surface area (Å²) in [5, 5.41) is 0. The number of hydrogen-bond acceptors (Lipinski definition) is 1. The highest BCUT2D eigenvalue weighted by Gasteiger charge is 2.46. The molecule has 0 heterocycles. The first kappa shape index (κ1) is 50.5. The van der Waals surface area contributed by atoms with Crippen LogP contribution in [0.3, 0.4) is 0 Å². The summed E-state index contributed by atoms with van der Waals surface area (Å²) in [5.74, 6) is 3.17. The Kier molecular flexibility index (Phi) is 15.7. The summed E-state index contributed by atoms with van der Waals surface area (Å²) in [6.45, 7) is 9.45. The Hall–Kier alpha value is -5.66. The van der Waals surface area contributed by atoms with Crippen molar-refractivity contribution in [2.75, 3.05) is 4.90 Å². The third kappa shape index (κ3) is 9.99. The van der Waals surface area contributed by atoms with E-state index in [1.54, 1.807) is 0 Å². The third-order valence-corrected chi connectivity index (χ3v) is 19.0. The third-order valence-electron chi connectivity index (χ3n) is 19.0. The van der Waals surface area contributed by atoms with Crippen molar-refractivity contribution in [3.63, 3.8) is 0 Å². The normalized spacial score (nSPS) is 17.9. The molecule has 11 rings (SSSR count). The summed E-state index contributed by atoms with van der Waals surface area (Å²) in [5.41, 5.74) is 21.6. The summed E-state index contributed by atoms with van der Waals surface area (Å²) in [6.07, 6.45) is 27.3. The number of benzene rings is 7. The molecular weight excluding hydrogens is 891 g/mol. The zero-order chi connectivity index (χ0) is 50.4. The van der Waals surface area contributed by atoms with Gasteiger partial charge in [-0.3, -0.25) is 0 Å². The maximum absolute atomic E-state index is 2.59. The highest BCUT2D eigenvalue weighted by molar-refractivity contribution is 5.90. The molecule has 1 nitrogen and oxygen atoms in total. The van der Waals surface area contributed by atoms with Crippen molar-refractivity contribution in [2.24, 2.45) is 0 Å². The van der Waals surface area contributed by atoms with Crippen LogP contribution in [-0.4, -0.2) is 0 Å². The topological polar surface area (TPSA) is 3.24 Å². The van der Waals surface area contributed by atoms with E-state index < -0.39 is 5.41 Å². The lowest BCUT2D eigenvalue weighted by Gasteiger charge is -2.35. The molecule has 0 radical (unpaired) electrons. The van der Waals surface area contributed by atoms with Gasteiger partial charge in [0.2, 0.25) is 0 Å². The first-order valence-electron chi connectivity index (χ1n) is 30.1. The van der Waals surface area contributed by atoms with Crippen LogP contribution in [0, 0.1) is 0 Å². The van der Waals surface area contributed by atoms with Gasteiger partial charge in [-0.05, 0) is 203 Å². The number of anilines is 3. The molecule has 2 atom stereocenters. The van der Waals surface area contributed by atoms with E-state index in [-0.39, 0.29) is 0 Å². The van der Waals surface area contributed by atoms with Gasteiger partial charge in [-0.1, -0.05) is 220 Å². The minimum Gasteiger partial charge on any atom is -0.310 e. The maximum Gasteiger partial charge on any atom is 0.0714 e. The molecule has 1 heteroatoms. The van der Waals surface area contributed by atoms with Crippen LogP contribution < -0.4 is 4.90 Å². The molecule has 0 spiro atoms. The van der Waals surface area contributed by atoms with Gasteiger partial charge in [-0.2, -0.15) is 0 Å². The lowest BCUT2D eigenvalue weighted by atomic mass is 9.67. The summed E-state index contributed by atoms with van der Waals surface area (Å²) in [4.78, 5) is 2.56. The van der Waals surface area contributed by atoms with E-state index in [2.05, 4.69) is 190 Å². The van der Waals surface area contributed by atoms with E-state index in [0.29, 0.717) is 29.6 Å². The second kappa shape index (κ2) is 23.1. The molecule has 0 amide bonds. The van der Waals surface area contributed by atoms with Gasteiger partial charge in [-0.25, -0.2) is 0 Å².